The topological polar surface area (TPSA) is 34.9 Å². The van der Waals surface area contributed by atoms with Gasteiger partial charge in [-0.3, -0.25) is 9.48 Å². The van der Waals surface area contributed by atoms with Crippen molar-refractivity contribution in [1.82, 2.24) is 9.78 Å². The van der Waals surface area contributed by atoms with E-state index in [1.54, 1.807) is 4.68 Å². The van der Waals surface area contributed by atoms with E-state index in [2.05, 4.69) is 5.10 Å². The van der Waals surface area contributed by atoms with E-state index in [0.717, 1.165) is 24.2 Å². The summed E-state index contributed by atoms with van der Waals surface area (Å²) in [6.07, 6.45) is 1.76. The fourth-order valence-corrected chi connectivity index (χ4v) is 1.37. The van der Waals surface area contributed by atoms with Crippen LogP contribution < -0.4 is 0 Å². The number of aromatic nitrogens is 2. The number of carbonyl (C=O) groups excluding carboxylic acids is 1. The highest BCUT2D eigenvalue weighted by Gasteiger charge is 2.17. The lowest BCUT2D eigenvalue weighted by Crippen LogP contribution is -2.14. The highest BCUT2D eigenvalue weighted by molar-refractivity contribution is 5.96. The van der Waals surface area contributed by atoms with Gasteiger partial charge in [-0.15, -0.1) is 0 Å². The summed E-state index contributed by atoms with van der Waals surface area (Å²) in [5.41, 5.74) is 1.72. The molecule has 1 heterocycles. The van der Waals surface area contributed by atoms with Gasteiger partial charge in [0.05, 0.1) is 5.69 Å². The number of hydrogen-bond donors (Lipinski definition) is 0. The Labute approximate surface area is 85.1 Å². The zero-order valence-electron chi connectivity index (χ0n) is 9.37. The van der Waals surface area contributed by atoms with Gasteiger partial charge in [0.2, 0.25) is 0 Å². The van der Waals surface area contributed by atoms with Gasteiger partial charge in [-0.25, -0.2) is 0 Å². The molecule has 1 atom stereocenters. The van der Waals surface area contributed by atoms with Gasteiger partial charge in [-0.2, -0.15) is 5.10 Å². The van der Waals surface area contributed by atoms with Crippen molar-refractivity contribution in [3.05, 3.63) is 17.5 Å². The monoisotopic (exact) mass is 194 g/mol. The summed E-state index contributed by atoms with van der Waals surface area (Å²) < 4.78 is 1.69. The molecule has 1 aromatic heterocycles. The third kappa shape index (κ3) is 2.03. The summed E-state index contributed by atoms with van der Waals surface area (Å²) in [6, 6.07) is 1.90. The van der Waals surface area contributed by atoms with E-state index in [1.807, 2.05) is 33.9 Å². The van der Waals surface area contributed by atoms with Gasteiger partial charge >= 0.3 is 0 Å². The first kappa shape index (κ1) is 11.0. The van der Waals surface area contributed by atoms with Crippen LogP contribution in [-0.2, 0) is 13.5 Å². The number of rotatable bonds is 4. The average Bonchev–Trinajstić information content (AvgIpc) is 2.57. The second-order valence-corrected chi connectivity index (χ2v) is 3.67. The Morgan fingerprint density at radius 3 is 2.64 bits per heavy atom. The minimum Gasteiger partial charge on any atom is -0.292 e. The maximum atomic E-state index is 11.9. The fraction of sp³-hybridized carbons (Fsp3) is 0.636. The van der Waals surface area contributed by atoms with Crippen LogP contribution in [0.5, 0.6) is 0 Å². The van der Waals surface area contributed by atoms with Gasteiger partial charge in [0.1, 0.15) is 5.69 Å². The van der Waals surface area contributed by atoms with Crippen molar-refractivity contribution in [2.45, 2.75) is 33.6 Å². The lowest BCUT2D eigenvalue weighted by atomic mass is 10.0. The van der Waals surface area contributed by atoms with Gasteiger partial charge in [-0.1, -0.05) is 20.8 Å². The van der Waals surface area contributed by atoms with Crippen LogP contribution in [0.2, 0.25) is 0 Å². The molecule has 0 saturated carbocycles. The lowest BCUT2D eigenvalue weighted by Gasteiger charge is -2.06. The van der Waals surface area contributed by atoms with E-state index in [0.29, 0.717) is 0 Å². The SMILES string of the molecule is CCc1cc(C(=O)C(C)CC)n(C)n1. The van der Waals surface area contributed by atoms with Crippen molar-refractivity contribution in [2.75, 3.05) is 0 Å². The zero-order valence-corrected chi connectivity index (χ0v) is 9.37. The van der Waals surface area contributed by atoms with E-state index >= 15 is 0 Å². The summed E-state index contributed by atoms with van der Waals surface area (Å²) in [4.78, 5) is 11.9. The summed E-state index contributed by atoms with van der Waals surface area (Å²) in [5, 5.41) is 4.26. The Kier molecular flexibility index (Phi) is 3.44. The van der Waals surface area contributed by atoms with Gasteiger partial charge < -0.3 is 0 Å². The number of hydrogen-bond acceptors (Lipinski definition) is 2. The lowest BCUT2D eigenvalue weighted by molar-refractivity contribution is 0.0917. The first-order valence-corrected chi connectivity index (χ1v) is 5.17. The smallest absolute Gasteiger partial charge is 0.183 e. The molecule has 14 heavy (non-hydrogen) atoms. The molecule has 0 radical (unpaired) electrons. The summed E-state index contributed by atoms with van der Waals surface area (Å²) in [5.74, 6) is 0.289. The Hall–Kier alpha value is -1.12. The highest BCUT2D eigenvalue weighted by atomic mass is 16.1. The fourth-order valence-electron chi connectivity index (χ4n) is 1.37. The third-order valence-corrected chi connectivity index (χ3v) is 2.61. The molecule has 0 aliphatic rings. The van der Waals surface area contributed by atoms with Crippen LogP contribution in [0.3, 0.4) is 0 Å². The van der Waals surface area contributed by atoms with Crippen molar-refractivity contribution in [1.29, 1.82) is 0 Å². The molecule has 0 bridgehead atoms. The van der Waals surface area contributed by atoms with Crippen molar-refractivity contribution >= 4 is 5.78 Å². The first-order chi connectivity index (χ1) is 6.60. The maximum absolute atomic E-state index is 11.9. The van der Waals surface area contributed by atoms with Crippen molar-refractivity contribution in [2.24, 2.45) is 13.0 Å². The Morgan fingerprint density at radius 2 is 2.21 bits per heavy atom. The van der Waals surface area contributed by atoms with Crippen molar-refractivity contribution in [3.63, 3.8) is 0 Å². The van der Waals surface area contributed by atoms with Gasteiger partial charge in [0.25, 0.3) is 0 Å². The highest BCUT2D eigenvalue weighted by Crippen LogP contribution is 2.12. The molecule has 3 nitrogen and oxygen atoms in total. The van der Waals surface area contributed by atoms with Gasteiger partial charge in [0, 0.05) is 13.0 Å². The van der Waals surface area contributed by atoms with Crippen LogP contribution in [0.4, 0.5) is 0 Å². The van der Waals surface area contributed by atoms with Crippen LogP contribution in [-0.4, -0.2) is 15.6 Å². The molecular weight excluding hydrogens is 176 g/mol. The third-order valence-electron chi connectivity index (χ3n) is 2.61. The molecule has 1 rings (SSSR count). The molecule has 0 saturated heterocycles. The Bertz CT molecular complexity index is 328. The molecule has 0 N–H and O–H groups in total. The van der Waals surface area contributed by atoms with Crippen LogP contribution >= 0.6 is 0 Å². The maximum Gasteiger partial charge on any atom is 0.183 e. The van der Waals surface area contributed by atoms with E-state index in [4.69, 9.17) is 0 Å². The van der Waals surface area contributed by atoms with Gasteiger partial charge in [0.15, 0.2) is 5.78 Å². The summed E-state index contributed by atoms with van der Waals surface area (Å²) >= 11 is 0. The van der Waals surface area contributed by atoms with Crippen LogP contribution in [0, 0.1) is 5.92 Å². The Balaban J connectivity index is 2.94. The molecule has 0 spiro atoms. The minimum absolute atomic E-state index is 0.0927. The molecule has 78 valence electrons. The number of carbonyl (C=O) groups is 1. The van der Waals surface area contributed by atoms with E-state index in [1.165, 1.54) is 0 Å². The summed E-state index contributed by atoms with van der Waals surface area (Å²) in [7, 11) is 1.83. The minimum atomic E-state index is 0.0927. The molecule has 3 heteroatoms. The second kappa shape index (κ2) is 4.40. The normalized spacial score (nSPS) is 12.9. The predicted molar refractivity (Wildman–Crippen MR) is 56.4 cm³/mol. The number of ketones is 1. The summed E-state index contributed by atoms with van der Waals surface area (Å²) in [6.45, 7) is 6.03. The van der Waals surface area contributed by atoms with Crippen LogP contribution in [0.25, 0.3) is 0 Å². The van der Waals surface area contributed by atoms with E-state index < -0.39 is 0 Å². The van der Waals surface area contributed by atoms with E-state index in [9.17, 15) is 4.79 Å². The predicted octanol–water partition coefficient (Wildman–Crippen LogP) is 2.21. The first-order valence-electron chi connectivity index (χ1n) is 5.17. The van der Waals surface area contributed by atoms with Gasteiger partial charge in [-0.05, 0) is 18.9 Å². The average molecular weight is 194 g/mol. The molecule has 0 amide bonds. The quantitative estimate of drug-likeness (QED) is 0.689. The molecular formula is C11H18N2O. The number of Topliss-reactive ketones (excluding diaryl/α,β-unsaturated/α-hetero) is 1. The van der Waals surface area contributed by atoms with Crippen LogP contribution in [0.15, 0.2) is 6.07 Å². The Morgan fingerprint density at radius 1 is 1.57 bits per heavy atom. The molecule has 0 aliphatic heterocycles. The van der Waals surface area contributed by atoms with E-state index in [-0.39, 0.29) is 11.7 Å². The number of aryl methyl sites for hydroxylation is 2. The number of nitrogens with zero attached hydrogens (tertiary/aromatic N) is 2. The van der Waals surface area contributed by atoms with Crippen molar-refractivity contribution < 1.29 is 4.79 Å². The molecule has 0 aromatic carbocycles. The molecule has 1 unspecified atom stereocenters. The molecule has 0 fully saturated rings. The largest absolute Gasteiger partial charge is 0.292 e. The van der Waals surface area contributed by atoms with Crippen LogP contribution in [0.1, 0.15) is 43.4 Å². The van der Waals surface area contributed by atoms with Crippen molar-refractivity contribution in [3.8, 4) is 0 Å². The second-order valence-electron chi connectivity index (χ2n) is 3.67. The molecule has 0 aliphatic carbocycles. The molecule has 1 aromatic rings. The zero-order chi connectivity index (χ0) is 10.7. The standard InChI is InChI=1S/C11H18N2O/c1-5-8(3)11(14)10-7-9(6-2)12-13(10)4/h7-8H,5-6H2,1-4H3.